The largest absolute Gasteiger partial charge is 0.472 e. The number of aliphatic hydroxyl groups excluding tert-OH is 5. The number of unbranched alkanes of at least 4 members (excludes halogenated alkanes) is 12. The number of phosphoric ester groups is 2. The van der Waals surface area contributed by atoms with Crippen LogP contribution in [0.1, 0.15) is 149 Å². The molecule has 1 aliphatic rings. The van der Waals surface area contributed by atoms with E-state index in [-0.39, 0.29) is 25.7 Å². The number of hydrogen-bond acceptors (Lipinski definition) is 14. The summed E-state index contributed by atoms with van der Waals surface area (Å²) in [5.74, 6) is -1.41. The Labute approximate surface area is 380 Å². The standard InChI is InChI=1S/C45H78O17P2/c1-3-5-7-9-11-13-15-17-19-21-23-25-27-30-36(46)31-29-33-38(47)58-34-37(60-39(48)32-28-26-24-22-20-18-16-14-12-10-8-6-4-2)35-59-64(56,57)62-45-42(51)40(49)41(50)44(43(45)52)61-63(53,54)55/h5,7,11,13,17,19,23,25,27,30,36-37,40-46,49-52H,3-4,6,8-10,12,14-16,18,20-22,24,26,28-29,31-35H2,1-2H3,(H,56,57)(H2,53,54,55)/b7-5-,13-11-,19-17-,25-23-,30-27+/t36?,37-,40?,41?,42?,43?,44-,45+/m1/s1. The van der Waals surface area contributed by atoms with Gasteiger partial charge in [0.1, 0.15) is 43.2 Å². The number of phosphoric acid groups is 2. The van der Waals surface area contributed by atoms with E-state index < -0.39 is 89.6 Å². The van der Waals surface area contributed by atoms with Crippen molar-refractivity contribution in [2.75, 3.05) is 13.2 Å². The summed E-state index contributed by atoms with van der Waals surface area (Å²) >= 11 is 0. The molecule has 6 unspecified atom stereocenters. The first-order valence-electron chi connectivity index (χ1n) is 22.9. The molecule has 0 heterocycles. The van der Waals surface area contributed by atoms with E-state index in [1.165, 1.54) is 51.4 Å². The third-order valence-corrected chi connectivity index (χ3v) is 11.7. The van der Waals surface area contributed by atoms with E-state index >= 15 is 0 Å². The highest BCUT2D eigenvalue weighted by Crippen LogP contribution is 2.49. The number of hydrogen-bond donors (Lipinski definition) is 8. The van der Waals surface area contributed by atoms with Crippen molar-refractivity contribution < 1.29 is 82.0 Å². The maximum absolute atomic E-state index is 13.0. The van der Waals surface area contributed by atoms with Crippen molar-refractivity contribution >= 4 is 27.6 Å². The van der Waals surface area contributed by atoms with Gasteiger partial charge < -0.3 is 49.7 Å². The van der Waals surface area contributed by atoms with Gasteiger partial charge in [0.25, 0.3) is 0 Å². The highest BCUT2D eigenvalue weighted by Gasteiger charge is 2.54. The molecule has 1 fully saturated rings. The molecule has 0 aromatic rings. The predicted octanol–water partition coefficient (Wildman–Crippen LogP) is 7.25. The minimum Gasteiger partial charge on any atom is -0.462 e. The van der Waals surface area contributed by atoms with Crippen LogP contribution < -0.4 is 0 Å². The molecular formula is C45H78O17P2. The van der Waals surface area contributed by atoms with Gasteiger partial charge in [-0.2, -0.15) is 0 Å². The maximum atomic E-state index is 13.0. The second-order valence-electron chi connectivity index (χ2n) is 15.9. The fraction of sp³-hybridized carbons (Fsp3) is 0.733. The molecule has 370 valence electrons. The Bertz CT molecular complexity index is 1490. The normalized spacial score (nSPS) is 22.8. The first-order chi connectivity index (χ1) is 30.5. The molecule has 0 aromatic heterocycles. The van der Waals surface area contributed by atoms with Gasteiger partial charge in [0.15, 0.2) is 6.10 Å². The SMILES string of the molecule is CC/C=C\C/C=C\C/C=C\C/C=C\C=C\C(O)CCCC(=O)OC[C@H](COP(=O)(O)O[C@H]1C(O)C(O)C(O)[C@@H](OP(=O)(O)O)C1O)OC(=O)CCCCCCCCCCCCCCC. The number of ether oxygens (including phenoxy) is 2. The number of carbonyl (C=O) groups excluding carboxylic acids is 2. The van der Waals surface area contributed by atoms with Crippen LogP contribution in [0.4, 0.5) is 0 Å². The molecule has 0 amide bonds. The highest BCUT2D eigenvalue weighted by atomic mass is 31.2. The van der Waals surface area contributed by atoms with Crippen LogP contribution in [0.15, 0.2) is 60.8 Å². The Hall–Kier alpha value is -2.34. The van der Waals surface area contributed by atoms with Gasteiger partial charge in [-0.1, -0.05) is 152 Å². The fourth-order valence-electron chi connectivity index (χ4n) is 6.64. The monoisotopic (exact) mass is 952 g/mol. The lowest BCUT2D eigenvalue weighted by Crippen LogP contribution is -2.64. The third kappa shape index (κ3) is 30.0. The summed E-state index contributed by atoms with van der Waals surface area (Å²) in [6, 6.07) is 0. The zero-order chi connectivity index (χ0) is 47.6. The summed E-state index contributed by atoms with van der Waals surface area (Å²) in [7, 11) is -10.7. The van der Waals surface area contributed by atoms with Crippen LogP contribution in [-0.4, -0.2) is 114 Å². The molecule has 0 saturated heterocycles. The van der Waals surface area contributed by atoms with Gasteiger partial charge in [-0.3, -0.25) is 23.2 Å². The predicted molar refractivity (Wildman–Crippen MR) is 242 cm³/mol. The van der Waals surface area contributed by atoms with Crippen molar-refractivity contribution in [2.24, 2.45) is 0 Å². The molecule has 64 heavy (non-hydrogen) atoms. The Morgan fingerprint density at radius 2 is 1.08 bits per heavy atom. The van der Waals surface area contributed by atoms with Crippen molar-refractivity contribution in [3.05, 3.63) is 60.8 Å². The maximum Gasteiger partial charge on any atom is 0.472 e. The first-order valence-corrected chi connectivity index (χ1v) is 26.0. The Balaban J connectivity index is 2.69. The van der Waals surface area contributed by atoms with E-state index in [2.05, 4.69) is 48.8 Å². The fourth-order valence-corrected chi connectivity index (χ4v) is 8.18. The molecule has 9 atom stereocenters. The minimum atomic E-state index is -5.38. The van der Waals surface area contributed by atoms with Crippen molar-refractivity contribution in [2.45, 2.75) is 198 Å². The van der Waals surface area contributed by atoms with Gasteiger partial charge in [-0.15, -0.1) is 0 Å². The zero-order valence-electron chi connectivity index (χ0n) is 37.8. The topological polar surface area (TPSA) is 276 Å². The van der Waals surface area contributed by atoms with Gasteiger partial charge in [0, 0.05) is 12.8 Å². The zero-order valence-corrected chi connectivity index (χ0v) is 39.6. The van der Waals surface area contributed by atoms with Crippen molar-refractivity contribution in [1.29, 1.82) is 0 Å². The average Bonchev–Trinajstić information content (AvgIpc) is 3.24. The lowest BCUT2D eigenvalue weighted by Gasteiger charge is -2.43. The number of rotatable bonds is 37. The van der Waals surface area contributed by atoms with Crippen LogP contribution in [-0.2, 0) is 41.8 Å². The number of carbonyl (C=O) groups is 2. The van der Waals surface area contributed by atoms with E-state index in [1.807, 2.05) is 18.2 Å². The lowest BCUT2D eigenvalue weighted by atomic mass is 9.85. The summed E-state index contributed by atoms with van der Waals surface area (Å²) < 4.78 is 49.2. The Kier molecular flexibility index (Phi) is 33.4. The Morgan fingerprint density at radius 1 is 0.578 bits per heavy atom. The number of esters is 2. The number of allylic oxidation sites excluding steroid dienone is 9. The molecule has 1 aliphatic carbocycles. The second kappa shape index (κ2) is 35.8. The summed E-state index contributed by atoms with van der Waals surface area (Å²) in [6.07, 6.45) is 22.1. The molecule has 0 bridgehead atoms. The molecular weight excluding hydrogens is 874 g/mol. The van der Waals surface area contributed by atoms with E-state index in [0.717, 1.165) is 51.4 Å². The van der Waals surface area contributed by atoms with E-state index in [1.54, 1.807) is 12.2 Å². The van der Waals surface area contributed by atoms with Crippen LogP contribution in [0.25, 0.3) is 0 Å². The smallest absolute Gasteiger partial charge is 0.462 e. The highest BCUT2D eigenvalue weighted by molar-refractivity contribution is 7.47. The van der Waals surface area contributed by atoms with Gasteiger partial charge in [0.05, 0.1) is 12.7 Å². The van der Waals surface area contributed by atoms with Crippen LogP contribution in [0.5, 0.6) is 0 Å². The van der Waals surface area contributed by atoms with Gasteiger partial charge >= 0.3 is 27.6 Å². The van der Waals surface area contributed by atoms with Crippen LogP contribution in [0.3, 0.4) is 0 Å². The summed E-state index contributed by atoms with van der Waals surface area (Å²) in [5.41, 5.74) is 0. The molecule has 0 spiro atoms. The minimum absolute atomic E-state index is 0.00342. The summed E-state index contributed by atoms with van der Waals surface area (Å²) in [6.45, 7) is 2.81. The quantitative estimate of drug-likeness (QED) is 0.0100. The molecule has 1 saturated carbocycles. The van der Waals surface area contributed by atoms with E-state index in [9.17, 15) is 49.1 Å². The molecule has 8 N–H and O–H groups in total. The average molecular weight is 953 g/mol. The second-order valence-corrected chi connectivity index (χ2v) is 18.5. The Morgan fingerprint density at radius 3 is 1.62 bits per heavy atom. The first kappa shape index (κ1) is 59.7. The van der Waals surface area contributed by atoms with E-state index in [0.29, 0.717) is 6.42 Å². The molecule has 0 radical (unpaired) electrons. The van der Waals surface area contributed by atoms with Crippen LogP contribution in [0, 0.1) is 0 Å². The number of aliphatic hydroxyl groups is 5. The van der Waals surface area contributed by atoms with E-state index in [4.69, 9.17) is 28.3 Å². The molecule has 0 aliphatic heterocycles. The summed E-state index contributed by atoms with van der Waals surface area (Å²) in [4.78, 5) is 54.2. The van der Waals surface area contributed by atoms with Gasteiger partial charge in [-0.25, -0.2) is 9.13 Å². The molecule has 17 nitrogen and oxygen atoms in total. The van der Waals surface area contributed by atoms with Crippen molar-refractivity contribution in [3.63, 3.8) is 0 Å². The van der Waals surface area contributed by atoms with Gasteiger partial charge in [0.2, 0.25) is 0 Å². The van der Waals surface area contributed by atoms with Crippen molar-refractivity contribution in [3.8, 4) is 0 Å². The summed E-state index contributed by atoms with van der Waals surface area (Å²) in [5, 5.41) is 51.5. The lowest BCUT2D eigenvalue weighted by molar-refractivity contribution is -0.216. The molecule has 1 rings (SSSR count). The molecule has 0 aromatic carbocycles. The van der Waals surface area contributed by atoms with Crippen molar-refractivity contribution in [1.82, 2.24) is 0 Å². The van der Waals surface area contributed by atoms with Crippen LogP contribution >= 0.6 is 15.6 Å². The third-order valence-electron chi connectivity index (χ3n) is 10.2. The molecule has 19 heteroatoms. The van der Waals surface area contributed by atoms with Gasteiger partial charge in [-0.05, 0) is 44.9 Å². The van der Waals surface area contributed by atoms with Crippen LogP contribution in [0.2, 0.25) is 0 Å².